The topological polar surface area (TPSA) is 17.1 Å². The van der Waals surface area contributed by atoms with E-state index in [0.717, 1.165) is 39.9 Å². The normalized spacial score (nSPS) is 11.2. The zero-order valence-corrected chi connectivity index (χ0v) is 13.8. The third kappa shape index (κ3) is 3.44. The molecule has 0 fully saturated rings. The molecule has 0 aliphatic rings. The fourth-order valence-electron chi connectivity index (χ4n) is 3.33. The molecule has 0 radical (unpaired) electrons. The van der Waals surface area contributed by atoms with Gasteiger partial charge in [-0.15, -0.1) is 0 Å². The van der Waals surface area contributed by atoms with Gasteiger partial charge in [0.05, 0.1) is 0 Å². The van der Waals surface area contributed by atoms with Crippen LogP contribution in [0, 0.1) is 0 Å². The van der Waals surface area contributed by atoms with Gasteiger partial charge in [-0.1, -0.05) is 81.1 Å². The fraction of sp³-hybridized carbons (Fsp3) is 0.318. The van der Waals surface area contributed by atoms with Gasteiger partial charge in [-0.2, -0.15) is 0 Å². The molecule has 0 unspecified atom stereocenters. The van der Waals surface area contributed by atoms with Gasteiger partial charge >= 0.3 is 0 Å². The van der Waals surface area contributed by atoms with Crippen molar-refractivity contribution in [2.75, 3.05) is 0 Å². The van der Waals surface area contributed by atoms with Crippen LogP contribution in [0.1, 0.15) is 55.8 Å². The van der Waals surface area contributed by atoms with Gasteiger partial charge in [0.25, 0.3) is 0 Å². The number of carbonyl (C=O) groups excluding carboxylic acids is 1. The van der Waals surface area contributed by atoms with E-state index in [4.69, 9.17) is 0 Å². The molecule has 3 aromatic rings. The van der Waals surface area contributed by atoms with E-state index in [0.29, 0.717) is 6.42 Å². The van der Waals surface area contributed by atoms with Crippen LogP contribution in [0.3, 0.4) is 0 Å². The minimum absolute atomic E-state index is 0.287. The third-order valence-electron chi connectivity index (χ3n) is 4.56. The Balaban J connectivity index is 1.95. The monoisotopic (exact) mass is 304 g/mol. The molecule has 0 aliphatic carbocycles. The summed E-state index contributed by atoms with van der Waals surface area (Å²) in [6.45, 7) is 2.22. The molecular formula is C22H24O. The summed E-state index contributed by atoms with van der Waals surface area (Å²) in [5.74, 6) is 0.287. The first-order valence-electron chi connectivity index (χ1n) is 8.75. The second-order valence-electron chi connectivity index (χ2n) is 6.28. The number of benzene rings is 3. The molecule has 0 aromatic heterocycles. The van der Waals surface area contributed by atoms with Crippen LogP contribution >= 0.6 is 0 Å². The zero-order valence-electron chi connectivity index (χ0n) is 13.8. The van der Waals surface area contributed by atoms with Crippen molar-refractivity contribution in [2.45, 2.75) is 45.4 Å². The first-order chi connectivity index (χ1) is 11.3. The van der Waals surface area contributed by atoms with Gasteiger partial charge in [-0.05, 0) is 34.0 Å². The second-order valence-corrected chi connectivity index (χ2v) is 6.28. The Labute approximate surface area is 138 Å². The van der Waals surface area contributed by atoms with Crippen LogP contribution in [0.15, 0.2) is 54.6 Å². The maximum atomic E-state index is 12.9. The summed E-state index contributed by atoms with van der Waals surface area (Å²) in [6, 6.07) is 18.6. The number of hydrogen-bond donors (Lipinski definition) is 0. The number of ketones is 1. The van der Waals surface area contributed by atoms with Crippen LogP contribution in [0.25, 0.3) is 21.5 Å². The largest absolute Gasteiger partial charge is 0.294 e. The van der Waals surface area contributed by atoms with Crippen molar-refractivity contribution >= 4 is 27.3 Å². The van der Waals surface area contributed by atoms with Gasteiger partial charge < -0.3 is 0 Å². The van der Waals surface area contributed by atoms with E-state index in [2.05, 4.69) is 37.3 Å². The highest BCUT2D eigenvalue weighted by Crippen LogP contribution is 2.29. The number of carbonyl (C=O) groups is 1. The molecule has 1 heteroatoms. The highest BCUT2D eigenvalue weighted by Gasteiger charge is 2.14. The van der Waals surface area contributed by atoms with E-state index in [1.54, 1.807) is 0 Å². The lowest BCUT2D eigenvalue weighted by molar-refractivity contribution is 0.0982. The number of rotatable bonds is 7. The first kappa shape index (κ1) is 15.7. The van der Waals surface area contributed by atoms with Crippen molar-refractivity contribution in [1.82, 2.24) is 0 Å². The molecule has 0 saturated heterocycles. The summed E-state index contributed by atoms with van der Waals surface area (Å²) in [6.07, 6.45) is 6.55. The lowest BCUT2D eigenvalue weighted by Gasteiger charge is -2.11. The molecule has 0 heterocycles. The van der Waals surface area contributed by atoms with Crippen LogP contribution < -0.4 is 0 Å². The average Bonchev–Trinajstić information content (AvgIpc) is 2.59. The van der Waals surface area contributed by atoms with Gasteiger partial charge in [0.2, 0.25) is 0 Å². The van der Waals surface area contributed by atoms with Crippen LogP contribution in [-0.2, 0) is 0 Å². The Morgan fingerprint density at radius 3 is 1.96 bits per heavy atom. The van der Waals surface area contributed by atoms with Gasteiger partial charge in [0, 0.05) is 12.0 Å². The van der Waals surface area contributed by atoms with Crippen LogP contribution in [-0.4, -0.2) is 5.78 Å². The molecule has 0 amide bonds. The third-order valence-corrected chi connectivity index (χ3v) is 4.56. The second kappa shape index (κ2) is 7.41. The Kier molecular flexibility index (Phi) is 5.07. The summed E-state index contributed by atoms with van der Waals surface area (Å²) < 4.78 is 0. The predicted octanol–water partition coefficient (Wildman–Crippen LogP) is 6.54. The highest BCUT2D eigenvalue weighted by molar-refractivity contribution is 6.18. The molecule has 0 saturated carbocycles. The van der Waals surface area contributed by atoms with E-state index in [-0.39, 0.29) is 5.78 Å². The quantitative estimate of drug-likeness (QED) is 0.275. The molecule has 0 aliphatic heterocycles. The van der Waals surface area contributed by atoms with E-state index >= 15 is 0 Å². The van der Waals surface area contributed by atoms with Crippen molar-refractivity contribution in [3.8, 4) is 0 Å². The summed E-state index contributed by atoms with van der Waals surface area (Å²) in [4.78, 5) is 12.9. The Hall–Kier alpha value is -2.15. The van der Waals surface area contributed by atoms with Crippen LogP contribution in [0.5, 0.6) is 0 Å². The number of unbranched alkanes of at least 4 members (excludes halogenated alkanes) is 4. The van der Waals surface area contributed by atoms with Crippen molar-refractivity contribution in [3.63, 3.8) is 0 Å². The fourth-order valence-corrected chi connectivity index (χ4v) is 3.33. The van der Waals surface area contributed by atoms with Gasteiger partial charge in [-0.25, -0.2) is 0 Å². The van der Waals surface area contributed by atoms with Crippen molar-refractivity contribution in [1.29, 1.82) is 0 Å². The highest BCUT2D eigenvalue weighted by atomic mass is 16.1. The molecule has 0 bridgehead atoms. The number of fused-ring (bicyclic) bond motifs is 2. The minimum atomic E-state index is 0.287. The van der Waals surface area contributed by atoms with E-state index in [1.165, 1.54) is 19.3 Å². The molecule has 0 spiro atoms. The molecule has 118 valence electrons. The average molecular weight is 304 g/mol. The van der Waals surface area contributed by atoms with Crippen LogP contribution in [0.4, 0.5) is 0 Å². The summed E-state index contributed by atoms with van der Waals surface area (Å²) in [5.41, 5.74) is 0.911. The maximum absolute atomic E-state index is 12.9. The molecule has 1 nitrogen and oxygen atoms in total. The Bertz CT molecular complexity index is 762. The lowest BCUT2D eigenvalue weighted by atomic mass is 9.92. The zero-order chi connectivity index (χ0) is 16.1. The first-order valence-corrected chi connectivity index (χ1v) is 8.75. The number of hydrogen-bond acceptors (Lipinski definition) is 1. The van der Waals surface area contributed by atoms with Crippen LogP contribution in [0.2, 0.25) is 0 Å². The summed E-state index contributed by atoms with van der Waals surface area (Å²) in [7, 11) is 0. The van der Waals surface area contributed by atoms with E-state index in [9.17, 15) is 4.79 Å². The molecule has 3 aromatic carbocycles. The molecular weight excluding hydrogens is 280 g/mol. The van der Waals surface area contributed by atoms with Crippen molar-refractivity contribution in [3.05, 3.63) is 60.2 Å². The maximum Gasteiger partial charge on any atom is 0.164 e. The Morgan fingerprint density at radius 1 is 0.783 bits per heavy atom. The molecule has 0 N–H and O–H groups in total. The predicted molar refractivity (Wildman–Crippen MR) is 99.2 cm³/mol. The SMILES string of the molecule is CCCCCCCC(=O)c1c2ccccc2cc2ccccc12. The number of Topliss-reactive ketones (excluding diaryl/α,β-unsaturated/α-hetero) is 1. The Morgan fingerprint density at radius 2 is 1.35 bits per heavy atom. The van der Waals surface area contributed by atoms with Gasteiger partial charge in [0.15, 0.2) is 5.78 Å². The van der Waals surface area contributed by atoms with Crippen molar-refractivity contribution < 1.29 is 4.79 Å². The molecule has 23 heavy (non-hydrogen) atoms. The van der Waals surface area contributed by atoms with E-state index in [1.807, 2.05) is 24.3 Å². The lowest BCUT2D eigenvalue weighted by Crippen LogP contribution is -2.01. The van der Waals surface area contributed by atoms with E-state index < -0.39 is 0 Å². The standard InChI is InChI=1S/C22H24O/c1-2-3-4-5-6-15-21(23)22-19-13-9-7-11-17(19)16-18-12-8-10-14-20(18)22/h7-14,16H,2-6,15H2,1H3. The smallest absolute Gasteiger partial charge is 0.164 e. The minimum Gasteiger partial charge on any atom is -0.294 e. The molecule has 3 rings (SSSR count). The summed E-state index contributed by atoms with van der Waals surface area (Å²) in [5, 5.41) is 4.48. The molecule has 0 atom stereocenters. The van der Waals surface area contributed by atoms with Gasteiger partial charge in [-0.3, -0.25) is 4.79 Å². The van der Waals surface area contributed by atoms with Gasteiger partial charge in [0.1, 0.15) is 0 Å². The van der Waals surface area contributed by atoms with Crippen molar-refractivity contribution in [2.24, 2.45) is 0 Å². The summed E-state index contributed by atoms with van der Waals surface area (Å²) >= 11 is 0.